The highest BCUT2D eigenvalue weighted by atomic mass is 32.1. The number of amides is 2. The zero-order valence-corrected chi connectivity index (χ0v) is 10.8. The van der Waals surface area contributed by atoms with Gasteiger partial charge >= 0.3 is 6.03 Å². The lowest BCUT2D eigenvalue weighted by Crippen LogP contribution is -2.19. The van der Waals surface area contributed by atoms with Crippen molar-refractivity contribution in [3.8, 4) is 0 Å². The molecule has 19 heavy (non-hydrogen) atoms. The van der Waals surface area contributed by atoms with Gasteiger partial charge in [-0.3, -0.25) is 10.1 Å². The van der Waals surface area contributed by atoms with Crippen molar-refractivity contribution >= 4 is 34.0 Å². The summed E-state index contributed by atoms with van der Waals surface area (Å²) < 4.78 is 12.7. The molecule has 2 rings (SSSR count). The lowest BCUT2D eigenvalue weighted by atomic mass is 10.3. The van der Waals surface area contributed by atoms with E-state index in [2.05, 4.69) is 15.6 Å². The summed E-state index contributed by atoms with van der Waals surface area (Å²) in [6.07, 6.45) is 0. The fourth-order valence-electron chi connectivity index (χ4n) is 1.29. The molecular weight excluding hydrogens is 269 g/mol. The number of benzene rings is 1. The standard InChI is InChI=1S/C12H10FN3O2S/c1-7(17)10-6-19-12(15-10)16-11(18)14-9-4-2-8(13)3-5-9/h2-6H,1H3,(H2,14,15,16,18). The summed E-state index contributed by atoms with van der Waals surface area (Å²) in [4.78, 5) is 26.6. The van der Waals surface area contributed by atoms with E-state index < -0.39 is 6.03 Å². The van der Waals surface area contributed by atoms with Crippen LogP contribution in [0.3, 0.4) is 0 Å². The van der Waals surface area contributed by atoms with Crippen LogP contribution in [0.4, 0.5) is 20.0 Å². The SMILES string of the molecule is CC(=O)c1csc(NC(=O)Nc2ccc(F)cc2)n1. The van der Waals surface area contributed by atoms with Crippen LogP contribution in [-0.4, -0.2) is 16.8 Å². The minimum Gasteiger partial charge on any atom is -0.308 e. The van der Waals surface area contributed by atoms with Gasteiger partial charge in [0.1, 0.15) is 11.5 Å². The van der Waals surface area contributed by atoms with Gasteiger partial charge < -0.3 is 5.32 Å². The zero-order chi connectivity index (χ0) is 13.8. The van der Waals surface area contributed by atoms with Gasteiger partial charge in [0.15, 0.2) is 10.9 Å². The number of hydrogen-bond acceptors (Lipinski definition) is 4. The number of carbonyl (C=O) groups excluding carboxylic acids is 2. The average molecular weight is 279 g/mol. The van der Waals surface area contributed by atoms with Crippen LogP contribution in [0.1, 0.15) is 17.4 Å². The van der Waals surface area contributed by atoms with Crippen molar-refractivity contribution in [1.29, 1.82) is 0 Å². The summed E-state index contributed by atoms with van der Waals surface area (Å²) in [5.41, 5.74) is 0.768. The Morgan fingerprint density at radius 3 is 2.47 bits per heavy atom. The molecule has 2 aromatic rings. The molecule has 2 N–H and O–H groups in total. The second-order valence-electron chi connectivity index (χ2n) is 3.68. The van der Waals surface area contributed by atoms with E-state index in [9.17, 15) is 14.0 Å². The quantitative estimate of drug-likeness (QED) is 0.848. The summed E-state index contributed by atoms with van der Waals surface area (Å²) in [6.45, 7) is 1.40. The van der Waals surface area contributed by atoms with Crippen molar-refractivity contribution in [2.45, 2.75) is 6.92 Å². The number of thiazole rings is 1. The first-order valence-electron chi connectivity index (χ1n) is 5.34. The number of carbonyl (C=O) groups is 2. The first kappa shape index (κ1) is 13.2. The molecule has 5 nitrogen and oxygen atoms in total. The summed E-state index contributed by atoms with van der Waals surface area (Å²) in [6, 6.07) is 4.87. The maximum Gasteiger partial charge on any atom is 0.325 e. The highest BCUT2D eigenvalue weighted by Gasteiger charge is 2.09. The van der Waals surface area contributed by atoms with Gasteiger partial charge in [0.25, 0.3) is 0 Å². The van der Waals surface area contributed by atoms with Crippen LogP contribution in [0.2, 0.25) is 0 Å². The Hall–Kier alpha value is -2.28. The van der Waals surface area contributed by atoms with Crippen LogP contribution in [-0.2, 0) is 0 Å². The first-order valence-corrected chi connectivity index (χ1v) is 6.22. The number of urea groups is 1. The predicted molar refractivity (Wildman–Crippen MR) is 71.2 cm³/mol. The molecule has 0 saturated carbocycles. The molecule has 7 heteroatoms. The van der Waals surface area contributed by atoms with Gasteiger partial charge in [-0.2, -0.15) is 0 Å². The van der Waals surface area contributed by atoms with E-state index in [1.54, 1.807) is 5.38 Å². The van der Waals surface area contributed by atoms with Gasteiger partial charge in [-0.05, 0) is 24.3 Å². The number of nitrogens with one attached hydrogen (secondary N) is 2. The smallest absolute Gasteiger partial charge is 0.308 e. The maximum atomic E-state index is 12.7. The van der Waals surface area contributed by atoms with Crippen LogP contribution < -0.4 is 10.6 Å². The van der Waals surface area contributed by atoms with Crippen molar-refractivity contribution in [2.75, 3.05) is 10.6 Å². The van der Waals surface area contributed by atoms with Crippen LogP contribution in [0.25, 0.3) is 0 Å². The van der Waals surface area contributed by atoms with Crippen molar-refractivity contribution in [1.82, 2.24) is 4.98 Å². The van der Waals surface area contributed by atoms with Gasteiger partial charge in [0.2, 0.25) is 0 Å². The Bertz CT molecular complexity index is 610. The molecule has 1 aromatic heterocycles. The van der Waals surface area contributed by atoms with Crippen LogP contribution in [0.15, 0.2) is 29.6 Å². The zero-order valence-electron chi connectivity index (χ0n) is 9.94. The Morgan fingerprint density at radius 2 is 1.89 bits per heavy atom. The van der Waals surface area contributed by atoms with E-state index in [0.717, 1.165) is 11.3 Å². The molecule has 0 aliphatic rings. The number of rotatable bonds is 3. The van der Waals surface area contributed by atoms with Crippen LogP contribution in [0, 0.1) is 5.82 Å². The fraction of sp³-hybridized carbons (Fsp3) is 0.0833. The third kappa shape index (κ3) is 3.59. The molecule has 0 spiro atoms. The number of halogens is 1. The summed E-state index contributed by atoms with van der Waals surface area (Å²) in [5, 5.41) is 6.90. The molecule has 0 atom stereocenters. The first-order chi connectivity index (χ1) is 9.04. The molecule has 1 aromatic carbocycles. The number of aromatic nitrogens is 1. The van der Waals surface area contributed by atoms with E-state index in [0.29, 0.717) is 16.5 Å². The Balaban J connectivity index is 1.97. The molecule has 98 valence electrons. The van der Waals surface area contributed by atoms with Crippen molar-refractivity contribution < 1.29 is 14.0 Å². The van der Waals surface area contributed by atoms with Gasteiger partial charge in [0.05, 0.1) is 0 Å². The van der Waals surface area contributed by atoms with Gasteiger partial charge in [-0.25, -0.2) is 14.2 Å². The number of ketones is 1. The molecule has 0 fully saturated rings. The maximum absolute atomic E-state index is 12.7. The number of Topliss-reactive ketones (excluding diaryl/α,β-unsaturated/α-hetero) is 1. The Labute approximate surface area is 112 Å². The third-order valence-electron chi connectivity index (χ3n) is 2.19. The molecule has 0 radical (unpaired) electrons. The fourth-order valence-corrected chi connectivity index (χ4v) is 2.03. The van der Waals surface area contributed by atoms with Crippen LogP contribution >= 0.6 is 11.3 Å². The van der Waals surface area contributed by atoms with Gasteiger partial charge in [-0.1, -0.05) is 0 Å². The van der Waals surface area contributed by atoms with E-state index in [-0.39, 0.29) is 11.6 Å². The second kappa shape index (κ2) is 5.57. The predicted octanol–water partition coefficient (Wildman–Crippen LogP) is 3.13. The topological polar surface area (TPSA) is 71.1 Å². The highest BCUT2D eigenvalue weighted by molar-refractivity contribution is 7.14. The highest BCUT2D eigenvalue weighted by Crippen LogP contribution is 2.16. The van der Waals surface area contributed by atoms with E-state index in [1.165, 1.54) is 31.2 Å². The largest absolute Gasteiger partial charge is 0.325 e. The van der Waals surface area contributed by atoms with E-state index in [4.69, 9.17) is 0 Å². The molecule has 0 aliphatic heterocycles. The van der Waals surface area contributed by atoms with Gasteiger partial charge in [0, 0.05) is 18.0 Å². The molecule has 0 unspecified atom stereocenters. The summed E-state index contributed by atoms with van der Waals surface area (Å²) >= 11 is 1.16. The van der Waals surface area contributed by atoms with Crippen molar-refractivity contribution in [2.24, 2.45) is 0 Å². The second-order valence-corrected chi connectivity index (χ2v) is 4.54. The Morgan fingerprint density at radius 1 is 1.21 bits per heavy atom. The molecule has 0 saturated heterocycles. The third-order valence-corrected chi connectivity index (χ3v) is 2.95. The molecule has 0 aliphatic carbocycles. The number of nitrogens with zero attached hydrogens (tertiary/aromatic N) is 1. The monoisotopic (exact) mass is 279 g/mol. The summed E-state index contributed by atoms with van der Waals surface area (Å²) in [5.74, 6) is -0.541. The Kier molecular flexibility index (Phi) is 3.86. The van der Waals surface area contributed by atoms with Crippen LogP contribution in [0.5, 0.6) is 0 Å². The molecule has 2 amide bonds. The lowest BCUT2D eigenvalue weighted by molar-refractivity contribution is 0.101. The molecule has 1 heterocycles. The van der Waals surface area contributed by atoms with E-state index in [1.807, 2.05) is 0 Å². The number of hydrogen-bond donors (Lipinski definition) is 2. The molecular formula is C12H10FN3O2S. The molecule has 0 bridgehead atoms. The average Bonchev–Trinajstić information content (AvgIpc) is 2.80. The minimum absolute atomic E-state index is 0.164. The van der Waals surface area contributed by atoms with Crippen molar-refractivity contribution in [3.63, 3.8) is 0 Å². The minimum atomic E-state index is -0.504. The lowest BCUT2D eigenvalue weighted by Gasteiger charge is -2.04. The van der Waals surface area contributed by atoms with E-state index >= 15 is 0 Å². The van der Waals surface area contributed by atoms with Gasteiger partial charge in [-0.15, -0.1) is 11.3 Å². The number of anilines is 2. The normalized spacial score (nSPS) is 10.0. The van der Waals surface area contributed by atoms with Crippen molar-refractivity contribution in [3.05, 3.63) is 41.2 Å². The summed E-state index contributed by atoms with van der Waals surface area (Å²) in [7, 11) is 0.